The molecule has 0 atom stereocenters. The molecule has 0 unspecified atom stereocenters. The lowest BCUT2D eigenvalue weighted by Gasteiger charge is -2.07. The molecule has 0 spiro atoms. The second-order valence-electron chi connectivity index (χ2n) is 5.91. The second kappa shape index (κ2) is 7.17. The number of hydrogen-bond acceptors (Lipinski definition) is 6. The largest absolute Gasteiger partial charge is 0.462 e. The molecule has 3 aromatic rings. The van der Waals surface area contributed by atoms with Crippen molar-refractivity contribution in [3.8, 4) is 0 Å². The predicted octanol–water partition coefficient (Wildman–Crippen LogP) is 4.31. The van der Waals surface area contributed by atoms with Crippen LogP contribution in [-0.2, 0) is 4.74 Å². The van der Waals surface area contributed by atoms with Crippen molar-refractivity contribution in [2.75, 3.05) is 12.3 Å². The zero-order valence-electron chi connectivity index (χ0n) is 15.0. The van der Waals surface area contributed by atoms with Gasteiger partial charge in [0.25, 0.3) is 0 Å². The summed E-state index contributed by atoms with van der Waals surface area (Å²) in [5, 5.41) is 1.02. The molecule has 140 valence electrons. The molecular formula is C19H17ClN2O4S. The number of fused-ring (bicyclic) bond motifs is 1. The van der Waals surface area contributed by atoms with E-state index in [-0.39, 0.29) is 29.7 Å². The highest BCUT2D eigenvalue weighted by Crippen LogP contribution is 2.40. The minimum Gasteiger partial charge on any atom is -0.462 e. The lowest BCUT2D eigenvalue weighted by atomic mass is 10.1. The average Bonchev–Trinajstić information content (AvgIpc) is 3.10. The van der Waals surface area contributed by atoms with Gasteiger partial charge in [0.1, 0.15) is 15.4 Å². The van der Waals surface area contributed by atoms with Crippen molar-refractivity contribution in [3.63, 3.8) is 0 Å². The number of ketones is 1. The monoisotopic (exact) mass is 404 g/mol. The van der Waals surface area contributed by atoms with Crippen LogP contribution >= 0.6 is 22.9 Å². The van der Waals surface area contributed by atoms with E-state index in [0.717, 1.165) is 11.3 Å². The zero-order chi connectivity index (χ0) is 19.9. The number of nitrogens with two attached hydrogens (primary N) is 1. The number of nitrogen functional groups attached to an aromatic ring is 1. The number of anilines is 1. The van der Waals surface area contributed by atoms with Crippen molar-refractivity contribution in [1.82, 2.24) is 4.57 Å². The number of esters is 1. The molecule has 0 saturated carbocycles. The van der Waals surface area contributed by atoms with E-state index in [4.69, 9.17) is 22.1 Å². The van der Waals surface area contributed by atoms with Crippen LogP contribution in [0.2, 0.25) is 5.02 Å². The number of nitrogens with zero attached hydrogens (tertiary/aromatic N) is 1. The Morgan fingerprint density at radius 2 is 1.85 bits per heavy atom. The molecule has 8 heteroatoms. The lowest BCUT2D eigenvalue weighted by Crippen LogP contribution is -2.16. The molecule has 2 heterocycles. The predicted molar refractivity (Wildman–Crippen MR) is 106 cm³/mol. The number of carbonyl (C=O) groups excluding carboxylic acids is 3. The summed E-state index contributed by atoms with van der Waals surface area (Å²) in [6.07, 6.45) is 0. The summed E-state index contributed by atoms with van der Waals surface area (Å²) in [5.74, 6) is -1.23. The molecule has 6 nitrogen and oxygen atoms in total. The zero-order valence-corrected chi connectivity index (χ0v) is 16.5. The maximum Gasteiger partial charge on any atom is 0.348 e. The van der Waals surface area contributed by atoms with Gasteiger partial charge in [0, 0.05) is 22.9 Å². The fourth-order valence-corrected chi connectivity index (χ4v) is 4.36. The van der Waals surface area contributed by atoms with Crippen molar-refractivity contribution < 1.29 is 19.1 Å². The van der Waals surface area contributed by atoms with Crippen LogP contribution in [0.3, 0.4) is 0 Å². The fourth-order valence-electron chi connectivity index (χ4n) is 2.97. The maximum atomic E-state index is 13.0. The molecule has 0 aliphatic heterocycles. The first-order valence-electron chi connectivity index (χ1n) is 8.19. The van der Waals surface area contributed by atoms with Crippen LogP contribution in [0.15, 0.2) is 24.3 Å². The minimum absolute atomic E-state index is 0.0876. The summed E-state index contributed by atoms with van der Waals surface area (Å²) >= 11 is 6.97. The number of benzene rings is 1. The van der Waals surface area contributed by atoms with Crippen LogP contribution in [0, 0.1) is 6.92 Å². The third kappa shape index (κ3) is 3.13. The number of thiophene rings is 1. The Hall–Kier alpha value is -2.64. The lowest BCUT2D eigenvalue weighted by molar-refractivity contribution is 0.0531. The summed E-state index contributed by atoms with van der Waals surface area (Å²) in [5.41, 5.74) is 7.48. The van der Waals surface area contributed by atoms with Gasteiger partial charge in [0.05, 0.1) is 12.3 Å². The molecule has 0 aliphatic carbocycles. The minimum atomic E-state index is -0.476. The quantitative estimate of drug-likeness (QED) is 0.516. The molecule has 3 rings (SSSR count). The van der Waals surface area contributed by atoms with Gasteiger partial charge in [-0.2, -0.15) is 0 Å². The highest BCUT2D eigenvalue weighted by molar-refractivity contribution is 7.21. The van der Waals surface area contributed by atoms with Crippen LogP contribution < -0.4 is 5.73 Å². The number of hydrogen-bond donors (Lipinski definition) is 1. The molecule has 0 fully saturated rings. The number of rotatable bonds is 4. The first-order chi connectivity index (χ1) is 12.8. The van der Waals surface area contributed by atoms with Crippen molar-refractivity contribution >= 4 is 56.5 Å². The van der Waals surface area contributed by atoms with Crippen molar-refractivity contribution in [1.29, 1.82) is 0 Å². The van der Waals surface area contributed by atoms with Gasteiger partial charge in [0.2, 0.25) is 11.7 Å². The summed E-state index contributed by atoms with van der Waals surface area (Å²) < 4.78 is 6.33. The average molecular weight is 405 g/mol. The van der Waals surface area contributed by atoms with E-state index in [1.165, 1.54) is 11.5 Å². The molecule has 0 radical (unpaired) electrons. The van der Waals surface area contributed by atoms with E-state index < -0.39 is 5.97 Å². The first kappa shape index (κ1) is 19.1. The standard InChI is InChI=1S/C19H17ClN2O4S/c1-4-26-19(25)17-9(2)13-14(21)15(22(10(3)23)18(13)27-17)16(24)11-5-7-12(20)8-6-11/h5-8H,4,21H2,1-3H3. The second-order valence-corrected chi connectivity index (χ2v) is 7.35. The van der Waals surface area contributed by atoms with Gasteiger partial charge < -0.3 is 10.5 Å². The first-order valence-corrected chi connectivity index (χ1v) is 9.38. The van der Waals surface area contributed by atoms with Gasteiger partial charge in [0.15, 0.2) is 0 Å². The smallest absolute Gasteiger partial charge is 0.348 e. The Kier molecular flexibility index (Phi) is 5.08. The Labute approximate surface area is 164 Å². The maximum absolute atomic E-state index is 13.0. The summed E-state index contributed by atoms with van der Waals surface area (Å²) in [6, 6.07) is 6.34. The number of carbonyl (C=O) groups is 3. The van der Waals surface area contributed by atoms with Crippen molar-refractivity contribution in [3.05, 3.63) is 51.0 Å². The summed E-state index contributed by atoms with van der Waals surface area (Å²) in [7, 11) is 0. The summed E-state index contributed by atoms with van der Waals surface area (Å²) in [4.78, 5) is 38.3. The molecule has 27 heavy (non-hydrogen) atoms. The van der Waals surface area contributed by atoms with Crippen molar-refractivity contribution in [2.45, 2.75) is 20.8 Å². The molecule has 0 amide bonds. The van der Waals surface area contributed by atoms with Gasteiger partial charge in [-0.15, -0.1) is 11.3 Å². The van der Waals surface area contributed by atoms with Gasteiger partial charge >= 0.3 is 5.97 Å². The molecule has 0 bridgehead atoms. The Balaban J connectivity index is 2.25. The molecule has 2 aromatic heterocycles. The molecule has 1 aromatic carbocycles. The van der Waals surface area contributed by atoms with Gasteiger partial charge in [-0.25, -0.2) is 4.79 Å². The van der Waals surface area contributed by atoms with Gasteiger partial charge in [-0.1, -0.05) is 11.6 Å². The Morgan fingerprint density at radius 3 is 2.41 bits per heavy atom. The number of ether oxygens (including phenoxy) is 1. The van der Waals surface area contributed by atoms with Crippen LogP contribution in [-0.4, -0.2) is 28.8 Å². The highest BCUT2D eigenvalue weighted by atomic mass is 35.5. The third-order valence-corrected chi connectivity index (χ3v) is 5.69. The molecule has 0 saturated heterocycles. The number of aryl methyl sites for hydroxylation is 1. The molecule has 2 N–H and O–H groups in total. The normalized spacial score (nSPS) is 11.0. The third-order valence-electron chi connectivity index (χ3n) is 4.18. The van der Waals surface area contributed by atoms with Crippen molar-refractivity contribution in [2.24, 2.45) is 0 Å². The van der Waals surface area contributed by atoms with Crippen LogP contribution in [0.25, 0.3) is 10.2 Å². The fraction of sp³-hybridized carbons (Fsp3) is 0.211. The van der Waals surface area contributed by atoms with Gasteiger partial charge in [-0.3, -0.25) is 14.2 Å². The van der Waals surface area contributed by atoms with E-state index in [9.17, 15) is 14.4 Å². The van der Waals surface area contributed by atoms with E-state index in [0.29, 0.717) is 31.2 Å². The van der Waals surface area contributed by atoms with Crippen LogP contribution in [0.5, 0.6) is 0 Å². The SMILES string of the molecule is CCOC(=O)c1sc2c(c1C)c(N)c(C(=O)c1ccc(Cl)cc1)n2C(C)=O. The molecule has 0 aliphatic rings. The van der Waals surface area contributed by atoms with E-state index in [2.05, 4.69) is 0 Å². The Morgan fingerprint density at radius 1 is 1.22 bits per heavy atom. The Bertz CT molecular complexity index is 1080. The number of halogens is 1. The highest BCUT2D eigenvalue weighted by Gasteiger charge is 2.29. The topological polar surface area (TPSA) is 91.4 Å². The number of aromatic nitrogens is 1. The van der Waals surface area contributed by atoms with E-state index in [1.54, 1.807) is 38.1 Å². The van der Waals surface area contributed by atoms with Gasteiger partial charge in [-0.05, 0) is 43.7 Å². The summed E-state index contributed by atoms with van der Waals surface area (Å²) in [6.45, 7) is 5.02. The van der Waals surface area contributed by atoms with Crippen LogP contribution in [0.4, 0.5) is 5.69 Å². The van der Waals surface area contributed by atoms with E-state index >= 15 is 0 Å². The van der Waals surface area contributed by atoms with Crippen LogP contribution in [0.1, 0.15) is 49.9 Å². The van der Waals surface area contributed by atoms with E-state index in [1.807, 2.05) is 0 Å². The molecular weight excluding hydrogens is 388 g/mol.